The molecule has 0 spiro atoms. The van der Waals surface area contributed by atoms with E-state index in [1.807, 2.05) is 4.90 Å². The molecule has 0 aromatic heterocycles. The minimum absolute atomic E-state index is 0.0125. The van der Waals surface area contributed by atoms with Gasteiger partial charge in [0.15, 0.2) is 0 Å². The van der Waals surface area contributed by atoms with Crippen LogP contribution in [0, 0.1) is 5.41 Å². The normalized spacial score (nSPS) is 36.7. The van der Waals surface area contributed by atoms with Gasteiger partial charge in [-0.05, 0) is 26.2 Å². The molecule has 1 heterocycles. The molecule has 0 aromatic carbocycles. The van der Waals surface area contributed by atoms with Crippen LogP contribution in [0.15, 0.2) is 0 Å². The van der Waals surface area contributed by atoms with Gasteiger partial charge in [0.1, 0.15) is 5.38 Å². The molecular weight excluding hydrogens is 214 g/mol. The van der Waals surface area contributed by atoms with E-state index in [2.05, 4.69) is 0 Å². The molecule has 2 fully saturated rings. The highest BCUT2D eigenvalue weighted by atomic mass is 35.5. The molecule has 1 aliphatic heterocycles. The minimum atomic E-state index is -0.444. The first-order chi connectivity index (χ1) is 7.10. The zero-order chi connectivity index (χ0) is 11.1. The maximum Gasteiger partial charge on any atom is 0.240 e. The predicted octanol–water partition coefficient (Wildman–Crippen LogP) is 1.38. The molecule has 0 radical (unpaired) electrons. The second-order valence-corrected chi connectivity index (χ2v) is 5.48. The number of carbonyl (C=O) groups is 1. The molecule has 2 rings (SSSR count). The van der Waals surface area contributed by atoms with Gasteiger partial charge in [-0.2, -0.15) is 0 Å². The van der Waals surface area contributed by atoms with Crippen LogP contribution in [0.3, 0.4) is 0 Å². The van der Waals surface area contributed by atoms with Crippen LogP contribution in [0.1, 0.15) is 32.6 Å². The van der Waals surface area contributed by atoms with E-state index in [4.69, 9.17) is 11.6 Å². The third-order valence-electron chi connectivity index (χ3n) is 4.02. The van der Waals surface area contributed by atoms with Crippen molar-refractivity contribution in [2.24, 2.45) is 5.41 Å². The summed E-state index contributed by atoms with van der Waals surface area (Å²) in [7, 11) is 0. The third-order valence-corrected chi connectivity index (χ3v) is 4.21. The average molecular weight is 232 g/mol. The van der Waals surface area contributed by atoms with Gasteiger partial charge in [0.2, 0.25) is 5.91 Å². The van der Waals surface area contributed by atoms with Crippen molar-refractivity contribution in [1.29, 1.82) is 0 Å². The van der Waals surface area contributed by atoms with Crippen molar-refractivity contribution in [2.75, 3.05) is 13.2 Å². The van der Waals surface area contributed by atoms with Crippen molar-refractivity contribution >= 4 is 17.5 Å². The van der Waals surface area contributed by atoms with E-state index in [-0.39, 0.29) is 24.0 Å². The number of fused-ring (bicyclic) bond motifs is 1. The molecule has 0 aromatic rings. The Morgan fingerprint density at radius 1 is 1.67 bits per heavy atom. The zero-order valence-electron chi connectivity index (χ0n) is 9.08. The fourth-order valence-electron chi connectivity index (χ4n) is 3.15. The fraction of sp³-hybridized carbons (Fsp3) is 0.909. The average Bonchev–Trinajstić information content (AvgIpc) is 2.74. The molecule has 1 saturated heterocycles. The Hall–Kier alpha value is -0.280. The molecule has 3 unspecified atom stereocenters. The summed E-state index contributed by atoms with van der Waals surface area (Å²) in [6, 6.07) is 0.233. The van der Waals surface area contributed by atoms with Crippen molar-refractivity contribution < 1.29 is 9.90 Å². The van der Waals surface area contributed by atoms with Crippen molar-refractivity contribution in [3.63, 3.8) is 0 Å². The Labute approximate surface area is 95.4 Å². The number of halogens is 1. The molecule has 1 N–H and O–H groups in total. The van der Waals surface area contributed by atoms with Crippen molar-refractivity contribution in [3.8, 4) is 0 Å². The smallest absolute Gasteiger partial charge is 0.240 e. The lowest BCUT2D eigenvalue weighted by molar-refractivity contribution is -0.132. The van der Waals surface area contributed by atoms with Crippen LogP contribution in [0.2, 0.25) is 0 Å². The largest absolute Gasteiger partial charge is 0.396 e. The molecule has 1 saturated carbocycles. The number of carbonyl (C=O) groups excluding carboxylic acids is 1. The Balaban J connectivity index is 2.15. The van der Waals surface area contributed by atoms with E-state index in [1.54, 1.807) is 6.92 Å². The van der Waals surface area contributed by atoms with Crippen LogP contribution in [0.4, 0.5) is 0 Å². The third kappa shape index (κ3) is 1.66. The first-order valence-corrected chi connectivity index (χ1v) is 6.10. The number of rotatable bonds is 2. The number of amides is 1. The molecule has 3 atom stereocenters. The molecular formula is C11H18ClNO2. The summed E-state index contributed by atoms with van der Waals surface area (Å²) in [5.74, 6) is 0.0268. The Morgan fingerprint density at radius 3 is 3.00 bits per heavy atom. The number of likely N-dealkylation sites (tertiary alicyclic amines) is 1. The van der Waals surface area contributed by atoms with Gasteiger partial charge in [-0.25, -0.2) is 0 Å². The van der Waals surface area contributed by atoms with E-state index < -0.39 is 5.38 Å². The Bertz CT molecular complexity index is 269. The van der Waals surface area contributed by atoms with Gasteiger partial charge < -0.3 is 10.0 Å². The van der Waals surface area contributed by atoms with Crippen LogP contribution in [0.25, 0.3) is 0 Å². The standard InChI is InChI=1S/C11H18ClNO2/c1-8(12)10(15)13-6-5-11(7-14)4-2-3-9(11)13/h8-9,14H,2-7H2,1H3. The highest BCUT2D eigenvalue weighted by Crippen LogP contribution is 2.48. The van der Waals surface area contributed by atoms with Gasteiger partial charge in [-0.1, -0.05) is 6.42 Å². The monoisotopic (exact) mass is 231 g/mol. The van der Waals surface area contributed by atoms with Gasteiger partial charge in [0, 0.05) is 18.0 Å². The van der Waals surface area contributed by atoms with Crippen LogP contribution in [0.5, 0.6) is 0 Å². The SMILES string of the molecule is CC(Cl)C(=O)N1CCC2(CO)CCCC12. The molecule has 1 aliphatic carbocycles. The molecule has 4 heteroatoms. The first-order valence-electron chi connectivity index (χ1n) is 5.66. The summed E-state index contributed by atoms with van der Waals surface area (Å²) < 4.78 is 0. The molecule has 86 valence electrons. The second-order valence-electron chi connectivity index (χ2n) is 4.83. The number of aliphatic hydroxyl groups excluding tert-OH is 1. The summed E-state index contributed by atoms with van der Waals surface area (Å²) in [6.45, 7) is 2.69. The second kappa shape index (κ2) is 3.95. The van der Waals surface area contributed by atoms with Crippen molar-refractivity contribution in [2.45, 2.75) is 44.0 Å². The predicted molar refractivity (Wildman–Crippen MR) is 58.8 cm³/mol. The van der Waals surface area contributed by atoms with E-state index in [1.165, 1.54) is 0 Å². The maximum atomic E-state index is 11.9. The first kappa shape index (κ1) is 11.2. The highest BCUT2D eigenvalue weighted by Gasteiger charge is 2.51. The van der Waals surface area contributed by atoms with Crippen LogP contribution in [-0.4, -0.2) is 40.5 Å². The number of alkyl halides is 1. The lowest BCUT2D eigenvalue weighted by Crippen LogP contribution is -2.43. The molecule has 2 aliphatic rings. The summed E-state index contributed by atoms with van der Waals surface area (Å²) >= 11 is 5.83. The Morgan fingerprint density at radius 2 is 2.40 bits per heavy atom. The molecule has 1 amide bonds. The van der Waals surface area contributed by atoms with E-state index in [0.717, 1.165) is 32.2 Å². The lowest BCUT2D eigenvalue weighted by atomic mass is 9.83. The maximum absolute atomic E-state index is 11.9. The molecule has 15 heavy (non-hydrogen) atoms. The molecule has 0 bridgehead atoms. The van der Waals surface area contributed by atoms with E-state index in [0.29, 0.717) is 0 Å². The minimum Gasteiger partial charge on any atom is -0.396 e. The topological polar surface area (TPSA) is 40.5 Å². The zero-order valence-corrected chi connectivity index (χ0v) is 9.83. The van der Waals surface area contributed by atoms with Crippen LogP contribution < -0.4 is 0 Å². The molecule has 3 nitrogen and oxygen atoms in total. The quantitative estimate of drug-likeness (QED) is 0.730. The van der Waals surface area contributed by atoms with Gasteiger partial charge in [-0.3, -0.25) is 4.79 Å². The van der Waals surface area contributed by atoms with Crippen molar-refractivity contribution in [1.82, 2.24) is 4.90 Å². The van der Waals surface area contributed by atoms with Gasteiger partial charge in [0.25, 0.3) is 0 Å². The van der Waals surface area contributed by atoms with Gasteiger partial charge >= 0.3 is 0 Å². The number of hydrogen-bond acceptors (Lipinski definition) is 2. The van der Waals surface area contributed by atoms with E-state index >= 15 is 0 Å². The fourth-order valence-corrected chi connectivity index (χ4v) is 3.28. The summed E-state index contributed by atoms with van der Waals surface area (Å²) in [5.41, 5.74) is -0.0125. The lowest BCUT2D eigenvalue weighted by Gasteiger charge is -2.31. The summed E-state index contributed by atoms with van der Waals surface area (Å²) in [4.78, 5) is 13.7. The van der Waals surface area contributed by atoms with E-state index in [9.17, 15) is 9.90 Å². The van der Waals surface area contributed by atoms with Crippen LogP contribution in [-0.2, 0) is 4.79 Å². The van der Waals surface area contributed by atoms with Gasteiger partial charge in [0.05, 0.1) is 6.61 Å². The summed E-state index contributed by atoms with van der Waals surface area (Å²) in [5, 5.41) is 9.05. The Kier molecular flexibility index (Phi) is 2.95. The van der Waals surface area contributed by atoms with Crippen molar-refractivity contribution in [3.05, 3.63) is 0 Å². The highest BCUT2D eigenvalue weighted by molar-refractivity contribution is 6.30. The van der Waals surface area contributed by atoms with Gasteiger partial charge in [-0.15, -0.1) is 11.6 Å². The van der Waals surface area contributed by atoms with Crippen LogP contribution >= 0.6 is 11.6 Å². The number of nitrogens with zero attached hydrogens (tertiary/aromatic N) is 1. The number of hydrogen-bond donors (Lipinski definition) is 1. The number of aliphatic hydroxyl groups is 1. The summed E-state index contributed by atoms with van der Waals surface area (Å²) in [6.07, 6.45) is 4.12.